The van der Waals surface area contributed by atoms with Crippen molar-refractivity contribution in [2.75, 3.05) is 5.32 Å². The van der Waals surface area contributed by atoms with Crippen LogP contribution in [0.5, 0.6) is 0 Å². The molecule has 0 spiro atoms. The van der Waals surface area contributed by atoms with Crippen molar-refractivity contribution >= 4 is 11.6 Å². The minimum Gasteiger partial charge on any atom is -0.326 e. The standard InChI is InChI=1S/C13H15N3O/c1-11-9-14-16(10-11)8-7-13(17)15-12-5-3-2-4-6-12/h2-6,9-10H,7-8H2,1H3,(H,15,17). The number of amides is 1. The van der Waals surface area contributed by atoms with Gasteiger partial charge in [0, 0.05) is 24.8 Å². The third kappa shape index (κ3) is 3.45. The maximum absolute atomic E-state index is 11.6. The summed E-state index contributed by atoms with van der Waals surface area (Å²) in [6, 6.07) is 9.45. The summed E-state index contributed by atoms with van der Waals surface area (Å²) in [5.74, 6) is 0.00403. The normalized spacial score (nSPS) is 10.2. The van der Waals surface area contributed by atoms with Crippen molar-refractivity contribution in [3.05, 3.63) is 48.3 Å². The van der Waals surface area contributed by atoms with E-state index in [9.17, 15) is 4.79 Å². The van der Waals surface area contributed by atoms with Crippen molar-refractivity contribution < 1.29 is 4.79 Å². The number of carbonyl (C=O) groups excluding carboxylic acids is 1. The molecule has 2 rings (SSSR count). The Hall–Kier alpha value is -2.10. The van der Waals surface area contributed by atoms with Gasteiger partial charge in [0.15, 0.2) is 0 Å². The molecule has 0 saturated carbocycles. The van der Waals surface area contributed by atoms with Gasteiger partial charge in [-0.05, 0) is 24.6 Å². The Balaban J connectivity index is 1.82. The lowest BCUT2D eigenvalue weighted by Crippen LogP contribution is -2.14. The largest absolute Gasteiger partial charge is 0.326 e. The molecule has 1 aromatic carbocycles. The zero-order valence-corrected chi connectivity index (χ0v) is 9.76. The quantitative estimate of drug-likeness (QED) is 0.873. The number of hydrogen-bond donors (Lipinski definition) is 1. The molecule has 1 aromatic heterocycles. The number of nitrogens with zero attached hydrogens (tertiary/aromatic N) is 2. The first-order valence-corrected chi connectivity index (χ1v) is 5.58. The number of hydrogen-bond acceptors (Lipinski definition) is 2. The van der Waals surface area contributed by atoms with Gasteiger partial charge in [-0.25, -0.2) is 0 Å². The Labute approximate surface area is 100 Å². The lowest BCUT2D eigenvalue weighted by molar-refractivity contribution is -0.116. The first-order chi connectivity index (χ1) is 8.24. The van der Waals surface area contributed by atoms with Gasteiger partial charge in [0.1, 0.15) is 0 Å². The predicted octanol–water partition coefficient (Wildman–Crippen LogP) is 2.22. The topological polar surface area (TPSA) is 46.9 Å². The molecule has 1 heterocycles. The smallest absolute Gasteiger partial charge is 0.226 e. The lowest BCUT2D eigenvalue weighted by Gasteiger charge is -2.04. The maximum Gasteiger partial charge on any atom is 0.226 e. The molecule has 0 atom stereocenters. The van der Waals surface area contributed by atoms with E-state index in [1.54, 1.807) is 10.9 Å². The van der Waals surface area contributed by atoms with Crippen molar-refractivity contribution in [1.29, 1.82) is 0 Å². The molecule has 0 fully saturated rings. The van der Waals surface area contributed by atoms with E-state index in [0.29, 0.717) is 13.0 Å². The van der Waals surface area contributed by atoms with Gasteiger partial charge in [0.2, 0.25) is 5.91 Å². The highest BCUT2D eigenvalue weighted by Gasteiger charge is 2.02. The van der Waals surface area contributed by atoms with Crippen LogP contribution in [-0.2, 0) is 11.3 Å². The fourth-order valence-corrected chi connectivity index (χ4v) is 1.55. The molecule has 88 valence electrons. The SMILES string of the molecule is Cc1cnn(CCC(=O)Nc2ccccc2)c1. The van der Waals surface area contributed by atoms with E-state index in [4.69, 9.17) is 0 Å². The molecule has 0 unspecified atom stereocenters. The van der Waals surface area contributed by atoms with Crippen LogP contribution in [0.15, 0.2) is 42.7 Å². The van der Waals surface area contributed by atoms with Crippen LogP contribution >= 0.6 is 0 Å². The average Bonchev–Trinajstić information content (AvgIpc) is 2.74. The Morgan fingerprint density at radius 1 is 1.35 bits per heavy atom. The number of benzene rings is 1. The average molecular weight is 229 g/mol. The van der Waals surface area contributed by atoms with Crippen LogP contribution in [0.3, 0.4) is 0 Å². The summed E-state index contributed by atoms with van der Waals surface area (Å²) in [5.41, 5.74) is 1.93. The molecule has 0 aliphatic carbocycles. The summed E-state index contributed by atoms with van der Waals surface area (Å²) in [7, 11) is 0. The summed E-state index contributed by atoms with van der Waals surface area (Å²) in [4.78, 5) is 11.6. The second kappa shape index (κ2) is 5.30. The van der Waals surface area contributed by atoms with Crippen molar-refractivity contribution in [3.8, 4) is 0 Å². The minimum absolute atomic E-state index is 0.00403. The molecule has 0 aliphatic rings. The molecule has 0 aliphatic heterocycles. The van der Waals surface area contributed by atoms with Gasteiger partial charge in [-0.3, -0.25) is 9.48 Å². The maximum atomic E-state index is 11.6. The third-order valence-electron chi connectivity index (χ3n) is 2.39. The molecular weight excluding hydrogens is 214 g/mol. The molecular formula is C13H15N3O. The zero-order chi connectivity index (χ0) is 12.1. The van der Waals surface area contributed by atoms with E-state index in [0.717, 1.165) is 11.3 Å². The fourth-order valence-electron chi connectivity index (χ4n) is 1.55. The molecule has 4 nitrogen and oxygen atoms in total. The fraction of sp³-hybridized carbons (Fsp3) is 0.231. The Morgan fingerprint density at radius 2 is 2.12 bits per heavy atom. The van der Waals surface area contributed by atoms with Crippen LogP contribution in [0.4, 0.5) is 5.69 Å². The minimum atomic E-state index is 0.00403. The van der Waals surface area contributed by atoms with Crippen LogP contribution in [0.25, 0.3) is 0 Å². The van der Waals surface area contributed by atoms with Gasteiger partial charge in [0.05, 0.1) is 6.20 Å². The first-order valence-electron chi connectivity index (χ1n) is 5.58. The molecule has 1 amide bonds. The highest BCUT2D eigenvalue weighted by Crippen LogP contribution is 2.05. The van der Waals surface area contributed by atoms with Crippen molar-refractivity contribution in [2.24, 2.45) is 0 Å². The Kier molecular flexibility index (Phi) is 3.55. The summed E-state index contributed by atoms with van der Waals surface area (Å²) < 4.78 is 1.78. The van der Waals surface area contributed by atoms with E-state index < -0.39 is 0 Å². The number of para-hydroxylation sites is 1. The van der Waals surface area contributed by atoms with Gasteiger partial charge >= 0.3 is 0 Å². The van der Waals surface area contributed by atoms with Crippen molar-refractivity contribution in [2.45, 2.75) is 19.9 Å². The summed E-state index contributed by atoms with van der Waals surface area (Å²) in [5, 5.41) is 6.97. The number of rotatable bonds is 4. The number of nitrogens with one attached hydrogen (secondary N) is 1. The van der Waals surface area contributed by atoms with E-state index in [2.05, 4.69) is 10.4 Å². The number of aromatic nitrogens is 2. The molecule has 0 radical (unpaired) electrons. The van der Waals surface area contributed by atoms with Gasteiger partial charge in [-0.15, -0.1) is 0 Å². The van der Waals surface area contributed by atoms with Gasteiger partial charge in [-0.2, -0.15) is 5.10 Å². The monoisotopic (exact) mass is 229 g/mol. The van der Waals surface area contributed by atoms with Crippen LogP contribution in [0.2, 0.25) is 0 Å². The number of aryl methyl sites for hydroxylation is 2. The predicted molar refractivity (Wildman–Crippen MR) is 66.7 cm³/mol. The summed E-state index contributed by atoms with van der Waals surface area (Å²) >= 11 is 0. The second-order valence-corrected chi connectivity index (χ2v) is 3.94. The molecule has 4 heteroatoms. The molecule has 1 N–H and O–H groups in total. The van der Waals surface area contributed by atoms with Crippen LogP contribution < -0.4 is 5.32 Å². The first kappa shape index (κ1) is 11.4. The number of carbonyl (C=O) groups is 1. The zero-order valence-electron chi connectivity index (χ0n) is 9.76. The van der Waals surface area contributed by atoms with Crippen LogP contribution in [0.1, 0.15) is 12.0 Å². The van der Waals surface area contributed by atoms with E-state index in [-0.39, 0.29) is 5.91 Å². The van der Waals surface area contributed by atoms with Gasteiger partial charge in [-0.1, -0.05) is 18.2 Å². The summed E-state index contributed by atoms with van der Waals surface area (Å²) in [6.07, 6.45) is 4.14. The van der Waals surface area contributed by atoms with Crippen molar-refractivity contribution in [1.82, 2.24) is 9.78 Å². The van der Waals surface area contributed by atoms with E-state index in [1.807, 2.05) is 43.5 Å². The van der Waals surface area contributed by atoms with Crippen molar-refractivity contribution in [3.63, 3.8) is 0 Å². The van der Waals surface area contributed by atoms with Crippen LogP contribution in [0, 0.1) is 6.92 Å². The van der Waals surface area contributed by atoms with Gasteiger partial charge < -0.3 is 5.32 Å². The highest BCUT2D eigenvalue weighted by atomic mass is 16.1. The van der Waals surface area contributed by atoms with E-state index in [1.165, 1.54) is 0 Å². The third-order valence-corrected chi connectivity index (χ3v) is 2.39. The Bertz CT molecular complexity index is 490. The molecule has 17 heavy (non-hydrogen) atoms. The highest BCUT2D eigenvalue weighted by molar-refractivity contribution is 5.90. The lowest BCUT2D eigenvalue weighted by atomic mass is 10.3. The Morgan fingerprint density at radius 3 is 2.76 bits per heavy atom. The molecule has 0 bridgehead atoms. The molecule has 2 aromatic rings. The van der Waals surface area contributed by atoms with Crippen LogP contribution in [-0.4, -0.2) is 15.7 Å². The number of anilines is 1. The molecule has 0 saturated heterocycles. The van der Waals surface area contributed by atoms with E-state index >= 15 is 0 Å². The second-order valence-electron chi connectivity index (χ2n) is 3.94. The van der Waals surface area contributed by atoms with Gasteiger partial charge in [0.25, 0.3) is 0 Å². The summed E-state index contributed by atoms with van der Waals surface area (Å²) in [6.45, 7) is 2.58.